The van der Waals surface area contributed by atoms with Crippen LogP contribution in [0.5, 0.6) is 0 Å². The molecular weight excluding hydrogens is 530 g/mol. The largest absolute Gasteiger partial charge is 0.271 e. The highest BCUT2D eigenvalue weighted by Gasteiger charge is 2.38. The number of fused-ring (bicyclic) bond motifs is 3. The molecule has 2 heterocycles. The highest BCUT2D eigenvalue weighted by Crippen LogP contribution is 2.47. The monoisotopic (exact) mass is 549 g/mol. The van der Waals surface area contributed by atoms with Crippen molar-refractivity contribution < 1.29 is 13.2 Å². The van der Waals surface area contributed by atoms with Gasteiger partial charge in [0.1, 0.15) is 17.9 Å². The van der Waals surface area contributed by atoms with Crippen molar-refractivity contribution in [1.82, 2.24) is 15.2 Å². The molecule has 0 radical (unpaired) electrons. The quantitative estimate of drug-likeness (QED) is 0.297. The number of nitrogens with zero attached hydrogens (tertiary/aromatic N) is 4. The van der Waals surface area contributed by atoms with Crippen LogP contribution in [0.3, 0.4) is 0 Å². The van der Waals surface area contributed by atoms with Crippen LogP contribution in [0, 0.1) is 0 Å². The van der Waals surface area contributed by atoms with Crippen molar-refractivity contribution in [3.05, 3.63) is 88.9 Å². The van der Waals surface area contributed by atoms with Gasteiger partial charge in [-0.05, 0) is 12.1 Å². The molecule has 1 aromatic heterocycles. The standard InChI is InChI=1S/C25H20BrN5O3S/c1-30-25-23(17-9-3-2-4-10-17)29-31(24(25)19-12-6-8-14-21(19)35(30,33)34)16-22(32)28-27-15-18-11-5-7-13-20(18)26/h2-15H,16H2,1H3,(H,28,32)/b27-15+. The third-order valence-electron chi connectivity index (χ3n) is 5.66. The Bertz CT molecular complexity index is 1570. The van der Waals surface area contributed by atoms with Crippen molar-refractivity contribution in [2.75, 3.05) is 11.4 Å². The Kier molecular flexibility index (Phi) is 6.00. The van der Waals surface area contributed by atoms with E-state index in [4.69, 9.17) is 0 Å². The number of carbonyl (C=O) groups is 1. The summed E-state index contributed by atoms with van der Waals surface area (Å²) in [7, 11) is -2.27. The molecule has 1 aliphatic rings. The summed E-state index contributed by atoms with van der Waals surface area (Å²) in [6.07, 6.45) is 1.55. The molecule has 1 aliphatic heterocycles. The molecule has 1 N–H and O–H groups in total. The molecule has 0 aliphatic carbocycles. The van der Waals surface area contributed by atoms with Crippen molar-refractivity contribution in [3.63, 3.8) is 0 Å². The molecular formula is C25H20BrN5O3S. The van der Waals surface area contributed by atoms with Gasteiger partial charge in [0.05, 0.1) is 16.8 Å². The average molecular weight is 550 g/mol. The summed E-state index contributed by atoms with van der Waals surface area (Å²) in [4.78, 5) is 13.0. The molecule has 3 aromatic carbocycles. The number of nitrogens with one attached hydrogen (secondary N) is 1. The first-order valence-corrected chi connectivity index (χ1v) is 12.9. The van der Waals surface area contributed by atoms with Crippen LogP contribution in [0.4, 0.5) is 5.69 Å². The van der Waals surface area contributed by atoms with Crippen molar-refractivity contribution in [3.8, 4) is 22.5 Å². The third kappa shape index (κ3) is 4.15. The van der Waals surface area contributed by atoms with E-state index in [0.717, 1.165) is 15.6 Å². The van der Waals surface area contributed by atoms with Crippen LogP contribution in [-0.4, -0.2) is 37.4 Å². The van der Waals surface area contributed by atoms with Crippen LogP contribution in [-0.2, 0) is 21.4 Å². The van der Waals surface area contributed by atoms with Gasteiger partial charge in [0.15, 0.2) is 0 Å². The van der Waals surface area contributed by atoms with Crippen LogP contribution in [0.1, 0.15) is 5.56 Å². The summed E-state index contributed by atoms with van der Waals surface area (Å²) in [5.74, 6) is -0.396. The highest BCUT2D eigenvalue weighted by molar-refractivity contribution is 9.10. The van der Waals surface area contributed by atoms with Crippen molar-refractivity contribution in [1.29, 1.82) is 0 Å². The molecule has 0 atom stereocenters. The summed E-state index contributed by atoms with van der Waals surface area (Å²) < 4.78 is 30.2. The zero-order valence-electron chi connectivity index (χ0n) is 18.6. The van der Waals surface area contributed by atoms with E-state index in [9.17, 15) is 13.2 Å². The van der Waals surface area contributed by atoms with Gasteiger partial charge < -0.3 is 0 Å². The van der Waals surface area contributed by atoms with E-state index in [1.807, 2.05) is 54.6 Å². The minimum Gasteiger partial charge on any atom is -0.271 e. The predicted octanol–water partition coefficient (Wildman–Crippen LogP) is 4.27. The van der Waals surface area contributed by atoms with E-state index in [1.165, 1.54) is 16.0 Å². The van der Waals surface area contributed by atoms with E-state index in [1.54, 1.807) is 30.5 Å². The second kappa shape index (κ2) is 9.12. The molecule has 4 aromatic rings. The van der Waals surface area contributed by atoms with Gasteiger partial charge in [0, 0.05) is 28.2 Å². The zero-order valence-corrected chi connectivity index (χ0v) is 21.0. The van der Waals surface area contributed by atoms with E-state index >= 15 is 0 Å². The van der Waals surface area contributed by atoms with Gasteiger partial charge in [-0.15, -0.1) is 0 Å². The van der Waals surface area contributed by atoms with Crippen molar-refractivity contribution in [2.24, 2.45) is 5.10 Å². The molecule has 176 valence electrons. The van der Waals surface area contributed by atoms with E-state index in [0.29, 0.717) is 22.6 Å². The van der Waals surface area contributed by atoms with E-state index in [-0.39, 0.29) is 11.4 Å². The van der Waals surface area contributed by atoms with E-state index < -0.39 is 15.9 Å². The first-order chi connectivity index (χ1) is 16.9. The van der Waals surface area contributed by atoms with Gasteiger partial charge >= 0.3 is 0 Å². The Morgan fingerprint density at radius 3 is 2.49 bits per heavy atom. The number of anilines is 1. The van der Waals surface area contributed by atoms with Crippen LogP contribution in [0.15, 0.2) is 93.3 Å². The fourth-order valence-corrected chi connectivity index (χ4v) is 5.79. The highest BCUT2D eigenvalue weighted by atomic mass is 79.9. The maximum Gasteiger partial charge on any atom is 0.264 e. The number of hydrazone groups is 1. The van der Waals surface area contributed by atoms with Gasteiger partial charge in [-0.25, -0.2) is 13.8 Å². The number of hydrogen-bond donors (Lipinski definition) is 1. The summed E-state index contributed by atoms with van der Waals surface area (Å²) in [6, 6.07) is 23.5. The number of benzene rings is 3. The summed E-state index contributed by atoms with van der Waals surface area (Å²) in [5, 5.41) is 8.74. The first kappa shape index (κ1) is 23.0. The van der Waals surface area contributed by atoms with Crippen LogP contribution < -0.4 is 9.73 Å². The zero-order chi connectivity index (χ0) is 24.6. The maximum atomic E-state index is 13.3. The first-order valence-electron chi connectivity index (χ1n) is 10.7. The maximum absolute atomic E-state index is 13.3. The number of halogens is 1. The Hall–Kier alpha value is -3.76. The average Bonchev–Trinajstić information content (AvgIpc) is 3.23. The topological polar surface area (TPSA) is 96.7 Å². The van der Waals surface area contributed by atoms with Gasteiger partial charge in [-0.1, -0.05) is 82.7 Å². The summed E-state index contributed by atoms with van der Waals surface area (Å²) >= 11 is 3.44. The Labute approximate surface area is 211 Å². The summed E-state index contributed by atoms with van der Waals surface area (Å²) in [6.45, 7) is -0.148. The van der Waals surface area contributed by atoms with Gasteiger partial charge in [-0.2, -0.15) is 10.2 Å². The smallest absolute Gasteiger partial charge is 0.264 e. The Morgan fingerprint density at radius 2 is 1.71 bits per heavy atom. The van der Waals surface area contributed by atoms with Gasteiger partial charge in [0.25, 0.3) is 15.9 Å². The molecule has 0 saturated heterocycles. The fraction of sp³-hybridized carbons (Fsp3) is 0.0800. The normalized spacial score (nSPS) is 13.9. The lowest BCUT2D eigenvalue weighted by molar-refractivity contribution is -0.121. The molecule has 10 heteroatoms. The number of amides is 1. The van der Waals surface area contributed by atoms with Crippen LogP contribution >= 0.6 is 15.9 Å². The van der Waals surface area contributed by atoms with Crippen LogP contribution in [0.2, 0.25) is 0 Å². The molecule has 0 fully saturated rings. The molecule has 35 heavy (non-hydrogen) atoms. The lowest BCUT2D eigenvalue weighted by Gasteiger charge is -2.27. The number of carbonyl (C=O) groups excluding carboxylic acids is 1. The van der Waals surface area contributed by atoms with Gasteiger partial charge in [0.2, 0.25) is 0 Å². The van der Waals surface area contributed by atoms with Gasteiger partial charge in [-0.3, -0.25) is 13.8 Å². The Balaban J connectivity index is 1.56. The number of sulfonamides is 1. The van der Waals surface area contributed by atoms with Crippen LogP contribution in [0.25, 0.3) is 22.5 Å². The molecule has 8 nitrogen and oxygen atoms in total. The predicted molar refractivity (Wildman–Crippen MR) is 139 cm³/mol. The second-order valence-corrected chi connectivity index (χ2v) is 10.6. The summed E-state index contributed by atoms with van der Waals surface area (Å²) in [5.41, 5.74) is 6.06. The van der Waals surface area contributed by atoms with Crippen molar-refractivity contribution in [2.45, 2.75) is 11.4 Å². The second-order valence-electron chi connectivity index (χ2n) is 7.85. The molecule has 0 unspecified atom stereocenters. The minimum absolute atomic E-state index is 0.148. The molecule has 0 saturated carbocycles. The lowest BCUT2D eigenvalue weighted by Crippen LogP contribution is -2.31. The molecule has 0 bridgehead atoms. The van der Waals surface area contributed by atoms with Crippen molar-refractivity contribution >= 4 is 43.8 Å². The third-order valence-corrected chi connectivity index (χ3v) is 8.20. The molecule has 0 spiro atoms. The number of aromatic nitrogens is 2. The molecule has 1 amide bonds. The SMILES string of the molecule is CN1c2c(-c3ccccc3)nn(CC(=O)N/N=C/c3ccccc3Br)c2-c2ccccc2S1(=O)=O. The Morgan fingerprint density at radius 1 is 1.03 bits per heavy atom. The fourth-order valence-electron chi connectivity index (χ4n) is 4.00. The minimum atomic E-state index is -3.78. The molecule has 5 rings (SSSR count). The lowest BCUT2D eigenvalue weighted by atomic mass is 10.1. The number of hydrogen-bond acceptors (Lipinski definition) is 5. The van der Waals surface area contributed by atoms with E-state index in [2.05, 4.69) is 31.6 Å². The number of rotatable bonds is 5.